The Morgan fingerprint density at radius 2 is 2.07 bits per heavy atom. The van der Waals surface area contributed by atoms with Gasteiger partial charge in [0.25, 0.3) is 0 Å². The molecule has 2 aromatic rings. The van der Waals surface area contributed by atoms with E-state index in [0.29, 0.717) is 0 Å². The third-order valence-corrected chi connectivity index (χ3v) is 6.47. The molecule has 2 aromatic heterocycles. The largest absolute Gasteiger partial charge is 0.339 e. The maximum Gasteiger partial charge on any atom is 0.240 e. The van der Waals surface area contributed by atoms with E-state index in [9.17, 15) is 4.79 Å². The molecule has 0 radical (unpaired) electrons. The number of thioether (sulfide) groups is 1. The number of hydrogen-bond acceptors (Lipinski definition) is 6. The summed E-state index contributed by atoms with van der Waals surface area (Å²) in [6.07, 6.45) is 10.4. The van der Waals surface area contributed by atoms with Gasteiger partial charge in [-0.1, -0.05) is 6.07 Å². The summed E-state index contributed by atoms with van der Waals surface area (Å²) in [7, 11) is 0. The van der Waals surface area contributed by atoms with Gasteiger partial charge in [0.15, 0.2) is 0 Å². The lowest BCUT2D eigenvalue weighted by Gasteiger charge is -2.36. The number of aromatic nitrogens is 3. The molecule has 1 N–H and O–H groups in total. The van der Waals surface area contributed by atoms with Crippen LogP contribution < -0.4 is 5.32 Å². The molecule has 4 rings (SSSR count). The van der Waals surface area contributed by atoms with Crippen LogP contribution in [-0.4, -0.2) is 74.8 Å². The maximum atomic E-state index is 12.9. The molecule has 4 heterocycles. The number of piperazine rings is 1. The van der Waals surface area contributed by atoms with Crippen LogP contribution in [0.3, 0.4) is 0 Å². The Hall–Kier alpha value is -1.90. The topological polar surface area (TPSA) is 66.3 Å². The van der Waals surface area contributed by atoms with Crippen molar-refractivity contribution in [3.63, 3.8) is 0 Å². The number of carbonyl (C=O) groups is 1. The van der Waals surface area contributed by atoms with E-state index in [0.717, 1.165) is 57.0 Å². The monoisotopic (exact) mass is 386 g/mol. The summed E-state index contributed by atoms with van der Waals surface area (Å²) < 4.78 is 2.11. The zero-order valence-electron chi connectivity index (χ0n) is 15.4. The van der Waals surface area contributed by atoms with Gasteiger partial charge in [-0.2, -0.15) is 0 Å². The van der Waals surface area contributed by atoms with Crippen LogP contribution in [0.4, 0.5) is 0 Å². The highest BCUT2D eigenvalue weighted by atomic mass is 32.2. The number of carbonyl (C=O) groups excluding carboxylic acids is 1. The van der Waals surface area contributed by atoms with Crippen molar-refractivity contribution in [3.05, 3.63) is 48.8 Å². The summed E-state index contributed by atoms with van der Waals surface area (Å²) in [6, 6.07) is 3.92. The average molecular weight is 387 g/mol. The summed E-state index contributed by atoms with van der Waals surface area (Å²) in [5, 5.41) is 3.64. The molecule has 27 heavy (non-hydrogen) atoms. The number of nitrogens with zero attached hydrogens (tertiary/aromatic N) is 5. The van der Waals surface area contributed by atoms with Gasteiger partial charge in [-0.25, -0.2) is 4.98 Å². The van der Waals surface area contributed by atoms with Crippen molar-refractivity contribution in [2.24, 2.45) is 0 Å². The second kappa shape index (κ2) is 8.86. The highest BCUT2D eigenvalue weighted by Crippen LogP contribution is 2.32. The molecule has 2 aliphatic heterocycles. The van der Waals surface area contributed by atoms with Gasteiger partial charge in [-0.05, 0) is 24.6 Å². The highest BCUT2D eigenvalue weighted by Gasteiger charge is 2.34. The van der Waals surface area contributed by atoms with Crippen LogP contribution in [0.1, 0.15) is 17.4 Å². The van der Waals surface area contributed by atoms with Crippen LogP contribution in [0.25, 0.3) is 0 Å². The minimum atomic E-state index is -0.0898. The number of hydrogen-bond donors (Lipinski definition) is 1. The second-order valence-corrected chi connectivity index (χ2v) is 8.18. The molecule has 2 unspecified atom stereocenters. The normalized spacial score (nSPS) is 23.6. The van der Waals surface area contributed by atoms with Crippen LogP contribution in [0.2, 0.25) is 0 Å². The van der Waals surface area contributed by atoms with Gasteiger partial charge in [0.2, 0.25) is 5.91 Å². The number of amides is 1. The molecule has 2 atom stereocenters. The zero-order chi connectivity index (χ0) is 18.5. The standard InChI is InChI=1S/C19H26N6OS/c26-19(17-14-27-18(22-17)16-3-1-4-20-13-16)25-11-9-23(10-12-25)6-2-7-24-8-5-21-15-24/h1,3-5,8,13,15,17-18,22H,2,6-7,9-12,14H2. The number of pyridine rings is 1. The summed E-state index contributed by atoms with van der Waals surface area (Å²) in [5.74, 6) is 1.07. The van der Waals surface area contributed by atoms with Gasteiger partial charge in [0.05, 0.1) is 17.7 Å². The summed E-state index contributed by atoms with van der Waals surface area (Å²) in [5.41, 5.74) is 1.14. The van der Waals surface area contributed by atoms with E-state index in [2.05, 4.69) is 30.8 Å². The summed E-state index contributed by atoms with van der Waals surface area (Å²) in [4.78, 5) is 25.6. The van der Waals surface area contributed by atoms with Crippen molar-refractivity contribution in [3.8, 4) is 0 Å². The Morgan fingerprint density at radius 1 is 1.19 bits per heavy atom. The van der Waals surface area contributed by atoms with Crippen LogP contribution in [-0.2, 0) is 11.3 Å². The van der Waals surface area contributed by atoms with Crippen molar-refractivity contribution >= 4 is 17.7 Å². The van der Waals surface area contributed by atoms with Crippen LogP contribution >= 0.6 is 11.8 Å². The fourth-order valence-corrected chi connectivity index (χ4v) is 4.86. The van der Waals surface area contributed by atoms with E-state index in [1.54, 1.807) is 18.0 Å². The molecule has 0 aliphatic carbocycles. The predicted octanol–water partition coefficient (Wildman–Crippen LogP) is 1.22. The molecule has 2 aliphatic rings. The van der Waals surface area contributed by atoms with Crippen molar-refractivity contribution in [1.82, 2.24) is 29.7 Å². The molecule has 7 nitrogen and oxygen atoms in total. The quantitative estimate of drug-likeness (QED) is 0.805. The molecule has 8 heteroatoms. The Labute approximate surface area is 164 Å². The first-order chi connectivity index (χ1) is 13.3. The first-order valence-corrected chi connectivity index (χ1v) is 10.6. The molecular formula is C19H26N6OS. The minimum Gasteiger partial charge on any atom is -0.339 e. The van der Waals surface area contributed by atoms with Crippen LogP contribution in [0.5, 0.6) is 0 Å². The summed E-state index contributed by atoms with van der Waals surface area (Å²) in [6.45, 7) is 5.64. The van der Waals surface area contributed by atoms with Gasteiger partial charge in [0.1, 0.15) is 0 Å². The summed E-state index contributed by atoms with van der Waals surface area (Å²) >= 11 is 1.79. The van der Waals surface area contributed by atoms with Crippen LogP contribution in [0, 0.1) is 0 Å². The molecule has 2 saturated heterocycles. The van der Waals surface area contributed by atoms with E-state index in [1.165, 1.54) is 0 Å². The zero-order valence-corrected chi connectivity index (χ0v) is 16.2. The van der Waals surface area contributed by atoms with Crippen LogP contribution in [0.15, 0.2) is 43.2 Å². The molecule has 0 saturated carbocycles. The third kappa shape index (κ3) is 4.69. The molecule has 2 fully saturated rings. The van der Waals surface area contributed by atoms with Crippen molar-refractivity contribution < 1.29 is 4.79 Å². The Morgan fingerprint density at radius 3 is 2.81 bits per heavy atom. The molecule has 0 spiro atoms. The van der Waals surface area contributed by atoms with Crippen molar-refractivity contribution in [1.29, 1.82) is 0 Å². The molecule has 144 valence electrons. The Bertz CT molecular complexity index is 717. The van der Waals surface area contributed by atoms with Gasteiger partial charge < -0.3 is 9.47 Å². The first kappa shape index (κ1) is 18.5. The van der Waals surface area contributed by atoms with Crippen molar-refractivity contribution in [2.75, 3.05) is 38.5 Å². The number of aryl methyl sites for hydroxylation is 1. The fourth-order valence-electron chi connectivity index (χ4n) is 3.65. The van der Waals surface area contributed by atoms with Gasteiger partial charge in [-0.3, -0.25) is 20.0 Å². The molecule has 0 bridgehead atoms. The van der Waals surface area contributed by atoms with Crippen molar-refractivity contribution in [2.45, 2.75) is 24.4 Å². The Kier molecular flexibility index (Phi) is 6.06. The number of imidazole rings is 1. The van der Waals surface area contributed by atoms with E-state index >= 15 is 0 Å². The second-order valence-electron chi connectivity index (χ2n) is 7.04. The van der Waals surface area contributed by atoms with E-state index < -0.39 is 0 Å². The minimum absolute atomic E-state index is 0.0898. The average Bonchev–Trinajstić information content (AvgIpc) is 3.41. The lowest BCUT2D eigenvalue weighted by molar-refractivity contribution is -0.134. The van der Waals surface area contributed by atoms with Gasteiger partial charge >= 0.3 is 0 Å². The number of rotatable bonds is 6. The van der Waals surface area contributed by atoms with E-state index in [4.69, 9.17) is 0 Å². The SMILES string of the molecule is O=C(C1CSC(c2cccnc2)N1)N1CCN(CCCn2ccnc2)CC1. The first-order valence-electron chi connectivity index (χ1n) is 9.54. The fraction of sp³-hybridized carbons (Fsp3) is 0.526. The smallest absolute Gasteiger partial charge is 0.240 e. The van der Waals surface area contributed by atoms with Gasteiger partial charge in [0, 0.05) is 63.3 Å². The highest BCUT2D eigenvalue weighted by molar-refractivity contribution is 7.99. The van der Waals surface area contributed by atoms with Gasteiger partial charge in [-0.15, -0.1) is 11.8 Å². The predicted molar refractivity (Wildman–Crippen MR) is 106 cm³/mol. The molecular weight excluding hydrogens is 360 g/mol. The Balaban J connectivity index is 1.20. The lowest BCUT2D eigenvalue weighted by Crippen LogP contribution is -2.53. The number of nitrogens with one attached hydrogen (secondary N) is 1. The van der Waals surface area contributed by atoms with E-state index in [-0.39, 0.29) is 17.3 Å². The maximum absolute atomic E-state index is 12.9. The lowest BCUT2D eigenvalue weighted by atomic mass is 10.2. The molecule has 0 aromatic carbocycles. The van der Waals surface area contributed by atoms with E-state index in [1.807, 2.05) is 35.9 Å². The third-order valence-electron chi connectivity index (χ3n) is 5.20. The molecule has 1 amide bonds.